The molecular formula is C11H18N6. The number of nitrogens with zero attached hydrogens (tertiary/aromatic N) is 5. The smallest absolute Gasteiger partial charge is 0.165 e. The molecular weight excluding hydrogens is 216 g/mol. The van der Waals surface area contributed by atoms with Gasteiger partial charge in [0.05, 0.1) is 24.5 Å². The van der Waals surface area contributed by atoms with Gasteiger partial charge in [0.25, 0.3) is 0 Å². The molecule has 0 unspecified atom stereocenters. The van der Waals surface area contributed by atoms with Crippen molar-refractivity contribution in [2.45, 2.75) is 39.3 Å². The Kier molecular flexibility index (Phi) is 3.41. The fourth-order valence-electron chi connectivity index (χ4n) is 1.88. The average Bonchev–Trinajstić information content (AvgIpc) is 2.91. The summed E-state index contributed by atoms with van der Waals surface area (Å²) in [5.41, 5.74) is 6.48. The van der Waals surface area contributed by atoms with Gasteiger partial charge >= 0.3 is 0 Å². The molecule has 0 saturated heterocycles. The highest BCUT2D eigenvalue weighted by molar-refractivity contribution is 5.20. The van der Waals surface area contributed by atoms with Crippen molar-refractivity contribution >= 4 is 5.82 Å². The Hall–Kier alpha value is -1.85. The number of nitrogens with two attached hydrogens (primary N) is 1. The van der Waals surface area contributed by atoms with Crippen LogP contribution in [-0.2, 0) is 6.54 Å². The molecule has 0 aliphatic rings. The topological polar surface area (TPSA) is 74.5 Å². The van der Waals surface area contributed by atoms with Crippen molar-refractivity contribution < 1.29 is 0 Å². The Labute approximate surface area is 100 Å². The molecule has 0 aliphatic heterocycles. The number of anilines is 1. The lowest BCUT2D eigenvalue weighted by molar-refractivity contribution is 0.423. The molecule has 2 aromatic rings. The zero-order chi connectivity index (χ0) is 12.3. The van der Waals surface area contributed by atoms with Crippen LogP contribution in [0.3, 0.4) is 0 Å². The molecule has 92 valence electrons. The molecule has 0 atom stereocenters. The van der Waals surface area contributed by atoms with Gasteiger partial charge in [0.15, 0.2) is 5.82 Å². The Balaban J connectivity index is 2.08. The number of hydrogen-bond donors (Lipinski definition) is 1. The lowest BCUT2D eigenvalue weighted by Crippen LogP contribution is -2.09. The molecule has 2 heterocycles. The van der Waals surface area contributed by atoms with E-state index in [0.29, 0.717) is 18.4 Å². The van der Waals surface area contributed by atoms with E-state index in [0.717, 1.165) is 18.5 Å². The zero-order valence-electron chi connectivity index (χ0n) is 10.2. The van der Waals surface area contributed by atoms with Crippen molar-refractivity contribution in [3.05, 3.63) is 24.2 Å². The van der Waals surface area contributed by atoms with E-state index in [9.17, 15) is 0 Å². The van der Waals surface area contributed by atoms with Crippen LogP contribution in [-0.4, -0.2) is 24.8 Å². The van der Waals surface area contributed by atoms with Crippen molar-refractivity contribution in [3.63, 3.8) is 0 Å². The summed E-state index contributed by atoms with van der Waals surface area (Å²) in [7, 11) is 0. The number of rotatable bonds is 5. The lowest BCUT2D eigenvalue weighted by Gasteiger charge is -2.12. The van der Waals surface area contributed by atoms with Crippen molar-refractivity contribution in [3.8, 4) is 0 Å². The predicted molar refractivity (Wildman–Crippen MR) is 65.4 cm³/mol. The van der Waals surface area contributed by atoms with Gasteiger partial charge in [0, 0.05) is 6.20 Å². The number of nitrogen functional groups attached to an aromatic ring is 1. The molecule has 6 heteroatoms. The maximum Gasteiger partial charge on any atom is 0.165 e. The SMILES string of the molecule is CCC(CC)n1ccc(Cn2cc(N)nn2)n1. The van der Waals surface area contributed by atoms with Gasteiger partial charge in [0.1, 0.15) is 0 Å². The molecule has 0 amide bonds. The van der Waals surface area contributed by atoms with Gasteiger partial charge in [-0.1, -0.05) is 19.1 Å². The molecule has 0 aromatic carbocycles. The van der Waals surface area contributed by atoms with Gasteiger partial charge in [0.2, 0.25) is 0 Å². The minimum Gasteiger partial charge on any atom is -0.381 e. The van der Waals surface area contributed by atoms with E-state index < -0.39 is 0 Å². The Bertz CT molecular complexity index is 468. The maximum absolute atomic E-state index is 5.51. The molecule has 0 spiro atoms. The first-order valence-corrected chi connectivity index (χ1v) is 5.92. The van der Waals surface area contributed by atoms with Crippen LogP contribution in [0.15, 0.2) is 18.5 Å². The largest absolute Gasteiger partial charge is 0.381 e. The van der Waals surface area contributed by atoms with Crippen molar-refractivity contribution in [1.82, 2.24) is 24.8 Å². The van der Waals surface area contributed by atoms with E-state index in [1.165, 1.54) is 0 Å². The van der Waals surface area contributed by atoms with Crippen molar-refractivity contribution in [2.75, 3.05) is 5.73 Å². The highest BCUT2D eigenvalue weighted by Gasteiger charge is 2.08. The first-order chi connectivity index (χ1) is 8.22. The van der Waals surface area contributed by atoms with Gasteiger partial charge < -0.3 is 5.73 Å². The third kappa shape index (κ3) is 2.64. The summed E-state index contributed by atoms with van der Waals surface area (Å²) < 4.78 is 3.71. The van der Waals surface area contributed by atoms with Crippen LogP contribution in [0.4, 0.5) is 5.82 Å². The van der Waals surface area contributed by atoms with E-state index in [-0.39, 0.29) is 0 Å². The summed E-state index contributed by atoms with van der Waals surface area (Å²) in [5, 5.41) is 12.2. The van der Waals surface area contributed by atoms with E-state index in [2.05, 4.69) is 29.3 Å². The molecule has 0 bridgehead atoms. The van der Waals surface area contributed by atoms with Gasteiger partial charge in [-0.05, 0) is 18.9 Å². The van der Waals surface area contributed by atoms with Crippen LogP contribution in [0.1, 0.15) is 38.4 Å². The summed E-state index contributed by atoms with van der Waals surface area (Å²) >= 11 is 0. The molecule has 6 nitrogen and oxygen atoms in total. The van der Waals surface area contributed by atoms with Crippen molar-refractivity contribution in [2.24, 2.45) is 0 Å². The fourth-order valence-corrected chi connectivity index (χ4v) is 1.88. The third-order valence-electron chi connectivity index (χ3n) is 2.86. The molecule has 0 aliphatic carbocycles. The highest BCUT2D eigenvalue weighted by atomic mass is 15.4. The van der Waals surface area contributed by atoms with Crippen LogP contribution in [0.2, 0.25) is 0 Å². The Morgan fingerprint density at radius 3 is 2.71 bits per heavy atom. The summed E-state index contributed by atoms with van der Waals surface area (Å²) in [6.07, 6.45) is 5.91. The highest BCUT2D eigenvalue weighted by Crippen LogP contribution is 2.14. The van der Waals surface area contributed by atoms with E-state index >= 15 is 0 Å². The fraction of sp³-hybridized carbons (Fsp3) is 0.545. The Morgan fingerprint density at radius 1 is 1.35 bits per heavy atom. The Morgan fingerprint density at radius 2 is 2.12 bits per heavy atom. The predicted octanol–water partition coefficient (Wildman–Crippen LogP) is 1.47. The van der Waals surface area contributed by atoms with Gasteiger partial charge in [-0.15, -0.1) is 5.10 Å². The lowest BCUT2D eigenvalue weighted by atomic mass is 10.2. The van der Waals surface area contributed by atoms with E-state index in [1.807, 2.05) is 16.9 Å². The molecule has 17 heavy (non-hydrogen) atoms. The van der Waals surface area contributed by atoms with Crippen LogP contribution in [0.25, 0.3) is 0 Å². The molecule has 2 rings (SSSR count). The quantitative estimate of drug-likeness (QED) is 0.850. The van der Waals surface area contributed by atoms with E-state index in [4.69, 9.17) is 5.73 Å². The average molecular weight is 234 g/mol. The second-order valence-corrected chi connectivity index (χ2v) is 4.10. The molecule has 0 radical (unpaired) electrons. The normalized spacial score (nSPS) is 11.2. The number of hydrogen-bond acceptors (Lipinski definition) is 4. The summed E-state index contributed by atoms with van der Waals surface area (Å²) in [6.45, 7) is 4.96. The second-order valence-electron chi connectivity index (χ2n) is 4.10. The van der Waals surface area contributed by atoms with Crippen LogP contribution in [0, 0.1) is 0 Å². The second kappa shape index (κ2) is 4.99. The summed E-state index contributed by atoms with van der Waals surface area (Å²) in [4.78, 5) is 0. The van der Waals surface area contributed by atoms with Crippen molar-refractivity contribution in [1.29, 1.82) is 0 Å². The summed E-state index contributed by atoms with van der Waals surface area (Å²) in [6, 6.07) is 2.49. The van der Waals surface area contributed by atoms with Crippen LogP contribution < -0.4 is 5.73 Å². The van der Waals surface area contributed by atoms with Gasteiger partial charge in [-0.25, -0.2) is 4.68 Å². The molecule has 0 saturated carbocycles. The number of aromatic nitrogens is 5. The first kappa shape index (κ1) is 11.6. The molecule has 2 N–H and O–H groups in total. The van der Waals surface area contributed by atoms with Gasteiger partial charge in [-0.2, -0.15) is 5.10 Å². The minimum atomic E-state index is 0.435. The standard InChI is InChI=1S/C11H18N6/c1-3-10(4-2)17-6-5-9(14-17)7-16-8-11(12)13-15-16/h5-6,8,10H,3-4,7,12H2,1-2H3. The zero-order valence-corrected chi connectivity index (χ0v) is 10.2. The molecule has 0 fully saturated rings. The monoisotopic (exact) mass is 234 g/mol. The maximum atomic E-state index is 5.51. The third-order valence-corrected chi connectivity index (χ3v) is 2.86. The minimum absolute atomic E-state index is 0.435. The van der Waals surface area contributed by atoms with Crippen LogP contribution >= 0.6 is 0 Å². The van der Waals surface area contributed by atoms with Crippen LogP contribution in [0.5, 0.6) is 0 Å². The summed E-state index contributed by atoms with van der Waals surface area (Å²) in [5.74, 6) is 0.435. The molecule has 2 aromatic heterocycles. The van der Waals surface area contributed by atoms with E-state index in [1.54, 1.807) is 10.9 Å². The first-order valence-electron chi connectivity index (χ1n) is 5.92. The van der Waals surface area contributed by atoms with Gasteiger partial charge in [-0.3, -0.25) is 4.68 Å².